The third-order valence-electron chi connectivity index (χ3n) is 3.36. The zero-order valence-corrected chi connectivity index (χ0v) is 9.86. The van der Waals surface area contributed by atoms with Gasteiger partial charge in [0.25, 0.3) is 0 Å². The molecule has 0 radical (unpaired) electrons. The number of aromatic nitrogens is 3. The summed E-state index contributed by atoms with van der Waals surface area (Å²) in [5.41, 5.74) is -0.371. The van der Waals surface area contributed by atoms with Crippen molar-refractivity contribution in [2.24, 2.45) is 7.05 Å². The SMILES string of the molecule is Cn1ncnc1CC(=O)C1(C)CCCCN1. The van der Waals surface area contributed by atoms with Crippen molar-refractivity contribution in [2.75, 3.05) is 6.54 Å². The van der Waals surface area contributed by atoms with Crippen molar-refractivity contribution in [2.45, 2.75) is 38.1 Å². The number of ketones is 1. The van der Waals surface area contributed by atoms with Crippen molar-refractivity contribution < 1.29 is 4.79 Å². The van der Waals surface area contributed by atoms with Gasteiger partial charge in [-0.3, -0.25) is 9.48 Å². The maximum Gasteiger partial charge on any atom is 0.160 e. The fourth-order valence-corrected chi connectivity index (χ4v) is 2.11. The zero-order chi connectivity index (χ0) is 11.6. The number of Topliss-reactive ketones (excluding diaryl/α,β-unsaturated/α-hetero) is 1. The fourth-order valence-electron chi connectivity index (χ4n) is 2.11. The van der Waals surface area contributed by atoms with Crippen LogP contribution in [0.2, 0.25) is 0 Å². The lowest BCUT2D eigenvalue weighted by Crippen LogP contribution is -2.53. The number of rotatable bonds is 3. The molecule has 2 rings (SSSR count). The van der Waals surface area contributed by atoms with Crippen LogP contribution in [0.25, 0.3) is 0 Å². The summed E-state index contributed by atoms with van der Waals surface area (Å²) in [6.07, 6.45) is 5.05. The lowest BCUT2D eigenvalue weighted by atomic mass is 9.85. The molecule has 1 N–H and O–H groups in total. The molecular weight excluding hydrogens is 204 g/mol. The van der Waals surface area contributed by atoms with Gasteiger partial charge in [0.15, 0.2) is 5.78 Å². The van der Waals surface area contributed by atoms with E-state index in [0.29, 0.717) is 6.42 Å². The summed E-state index contributed by atoms with van der Waals surface area (Å²) in [4.78, 5) is 16.3. The second-order valence-electron chi connectivity index (χ2n) is 4.62. The van der Waals surface area contributed by atoms with Crippen molar-refractivity contribution in [3.8, 4) is 0 Å². The molecule has 0 aromatic carbocycles. The number of aryl methyl sites for hydroxylation is 1. The first-order valence-corrected chi connectivity index (χ1v) is 5.73. The monoisotopic (exact) mass is 222 g/mol. The quantitative estimate of drug-likeness (QED) is 0.807. The highest BCUT2D eigenvalue weighted by atomic mass is 16.1. The molecule has 1 aliphatic rings. The molecule has 0 saturated carbocycles. The van der Waals surface area contributed by atoms with Crippen LogP contribution in [0.15, 0.2) is 6.33 Å². The van der Waals surface area contributed by atoms with E-state index >= 15 is 0 Å². The van der Waals surface area contributed by atoms with Gasteiger partial charge in [0.1, 0.15) is 12.2 Å². The predicted octanol–water partition coefficient (Wildman–Crippen LogP) is 0.459. The Labute approximate surface area is 95.2 Å². The molecule has 1 aliphatic heterocycles. The average Bonchev–Trinajstić information content (AvgIpc) is 2.65. The molecular formula is C11H18N4O. The molecule has 1 unspecified atom stereocenters. The van der Waals surface area contributed by atoms with Gasteiger partial charge in [0.05, 0.1) is 12.0 Å². The van der Waals surface area contributed by atoms with Gasteiger partial charge in [-0.1, -0.05) is 0 Å². The summed E-state index contributed by atoms with van der Waals surface area (Å²) in [7, 11) is 1.81. The van der Waals surface area contributed by atoms with Gasteiger partial charge in [-0.2, -0.15) is 5.10 Å². The third kappa shape index (κ3) is 2.14. The molecule has 2 heterocycles. The predicted molar refractivity (Wildman–Crippen MR) is 60.0 cm³/mol. The number of hydrogen-bond donors (Lipinski definition) is 1. The van der Waals surface area contributed by atoms with E-state index in [0.717, 1.165) is 31.6 Å². The average molecular weight is 222 g/mol. The first kappa shape index (κ1) is 11.3. The minimum absolute atomic E-state index is 0.211. The second kappa shape index (κ2) is 4.33. The fraction of sp³-hybridized carbons (Fsp3) is 0.727. The normalized spacial score (nSPS) is 25.6. The number of carbonyl (C=O) groups excluding carboxylic acids is 1. The van der Waals surface area contributed by atoms with E-state index in [4.69, 9.17) is 0 Å². The van der Waals surface area contributed by atoms with Gasteiger partial charge in [-0.05, 0) is 32.7 Å². The van der Waals surface area contributed by atoms with E-state index in [1.807, 2.05) is 14.0 Å². The molecule has 0 spiro atoms. The van der Waals surface area contributed by atoms with Gasteiger partial charge in [0, 0.05) is 7.05 Å². The van der Waals surface area contributed by atoms with Gasteiger partial charge >= 0.3 is 0 Å². The van der Waals surface area contributed by atoms with Gasteiger partial charge in [-0.15, -0.1) is 0 Å². The largest absolute Gasteiger partial charge is 0.305 e. The van der Waals surface area contributed by atoms with Gasteiger partial charge < -0.3 is 5.32 Å². The van der Waals surface area contributed by atoms with Crippen molar-refractivity contribution >= 4 is 5.78 Å². The Balaban J connectivity index is 2.05. The molecule has 0 bridgehead atoms. The van der Waals surface area contributed by atoms with Crippen LogP contribution in [0.3, 0.4) is 0 Å². The molecule has 5 nitrogen and oxygen atoms in total. The number of piperidine rings is 1. The Hall–Kier alpha value is -1.23. The Morgan fingerprint density at radius 3 is 3.00 bits per heavy atom. The maximum absolute atomic E-state index is 12.2. The van der Waals surface area contributed by atoms with Crippen LogP contribution in [-0.4, -0.2) is 32.6 Å². The minimum atomic E-state index is -0.371. The number of hydrogen-bond acceptors (Lipinski definition) is 4. The van der Waals surface area contributed by atoms with E-state index < -0.39 is 0 Å². The molecule has 1 saturated heterocycles. The number of carbonyl (C=O) groups is 1. The maximum atomic E-state index is 12.2. The summed E-state index contributed by atoms with van der Waals surface area (Å²) in [6, 6.07) is 0. The third-order valence-corrected chi connectivity index (χ3v) is 3.36. The van der Waals surface area contributed by atoms with Crippen LogP contribution in [0.5, 0.6) is 0 Å². The smallest absolute Gasteiger partial charge is 0.160 e. The molecule has 1 aromatic rings. The first-order valence-electron chi connectivity index (χ1n) is 5.73. The zero-order valence-electron chi connectivity index (χ0n) is 9.86. The summed E-state index contributed by atoms with van der Waals surface area (Å²) >= 11 is 0. The van der Waals surface area contributed by atoms with Gasteiger partial charge in [-0.25, -0.2) is 4.98 Å². The van der Waals surface area contributed by atoms with Crippen LogP contribution >= 0.6 is 0 Å². The standard InChI is InChI=1S/C11H18N4O/c1-11(5-3-4-6-13-11)9(16)7-10-12-8-14-15(10)2/h8,13H,3-7H2,1-2H3. The Morgan fingerprint density at radius 1 is 1.62 bits per heavy atom. The highest BCUT2D eigenvalue weighted by molar-refractivity contribution is 5.89. The lowest BCUT2D eigenvalue weighted by Gasteiger charge is -2.33. The van der Waals surface area contributed by atoms with Gasteiger partial charge in [0.2, 0.25) is 0 Å². The van der Waals surface area contributed by atoms with E-state index in [9.17, 15) is 4.79 Å². The van der Waals surface area contributed by atoms with E-state index in [1.165, 1.54) is 6.33 Å². The number of nitrogens with one attached hydrogen (secondary N) is 1. The van der Waals surface area contributed by atoms with E-state index in [-0.39, 0.29) is 11.3 Å². The summed E-state index contributed by atoms with van der Waals surface area (Å²) in [5.74, 6) is 0.946. The molecule has 88 valence electrons. The Kier molecular flexibility index (Phi) is 3.05. The van der Waals surface area contributed by atoms with E-state index in [2.05, 4.69) is 15.4 Å². The highest BCUT2D eigenvalue weighted by Crippen LogP contribution is 2.20. The van der Waals surface area contributed by atoms with Crippen molar-refractivity contribution in [1.29, 1.82) is 0 Å². The van der Waals surface area contributed by atoms with Crippen molar-refractivity contribution in [3.05, 3.63) is 12.2 Å². The summed E-state index contributed by atoms with van der Waals surface area (Å²) in [6.45, 7) is 2.92. The van der Waals surface area contributed by atoms with Crippen LogP contribution in [0.4, 0.5) is 0 Å². The van der Waals surface area contributed by atoms with Crippen molar-refractivity contribution in [3.63, 3.8) is 0 Å². The summed E-state index contributed by atoms with van der Waals surface area (Å²) in [5, 5.41) is 7.29. The molecule has 1 aromatic heterocycles. The minimum Gasteiger partial charge on any atom is -0.305 e. The van der Waals surface area contributed by atoms with Crippen LogP contribution in [0, 0.1) is 0 Å². The molecule has 5 heteroatoms. The van der Waals surface area contributed by atoms with Crippen molar-refractivity contribution in [1.82, 2.24) is 20.1 Å². The molecule has 0 aliphatic carbocycles. The van der Waals surface area contributed by atoms with E-state index in [1.54, 1.807) is 4.68 Å². The van der Waals surface area contributed by atoms with Crippen LogP contribution in [-0.2, 0) is 18.3 Å². The molecule has 0 amide bonds. The lowest BCUT2D eigenvalue weighted by molar-refractivity contribution is -0.125. The van der Waals surface area contributed by atoms with Crippen LogP contribution in [0.1, 0.15) is 32.0 Å². The Bertz CT molecular complexity index is 379. The molecule has 1 atom stereocenters. The molecule has 1 fully saturated rings. The summed E-state index contributed by atoms with van der Waals surface area (Å²) < 4.78 is 1.66. The first-order chi connectivity index (χ1) is 7.62. The molecule has 16 heavy (non-hydrogen) atoms. The number of nitrogens with zero attached hydrogens (tertiary/aromatic N) is 3. The Morgan fingerprint density at radius 2 is 2.44 bits per heavy atom. The highest BCUT2D eigenvalue weighted by Gasteiger charge is 2.34. The topological polar surface area (TPSA) is 59.8 Å². The second-order valence-corrected chi connectivity index (χ2v) is 4.62. The van der Waals surface area contributed by atoms with Crippen LogP contribution < -0.4 is 5.32 Å².